The van der Waals surface area contributed by atoms with Crippen LogP contribution in [0.25, 0.3) is 0 Å². The Morgan fingerprint density at radius 2 is 1.72 bits per heavy atom. The molecule has 0 aliphatic rings. The summed E-state index contributed by atoms with van der Waals surface area (Å²) < 4.78 is 10.8. The van der Waals surface area contributed by atoms with Gasteiger partial charge in [-0.15, -0.1) is 0 Å². The van der Waals surface area contributed by atoms with Crippen LogP contribution in [-0.4, -0.2) is 25.2 Å². The molecule has 0 heterocycles. The van der Waals surface area contributed by atoms with Crippen LogP contribution < -0.4 is 0 Å². The Hall–Kier alpha value is -1.37. The second-order valence-corrected chi connectivity index (χ2v) is 4.80. The molecular formula is C13H13IO4. The molecule has 0 atom stereocenters. The monoisotopic (exact) mass is 360 g/mol. The van der Waals surface area contributed by atoms with Gasteiger partial charge in [-0.25, -0.2) is 9.59 Å². The summed E-state index contributed by atoms with van der Waals surface area (Å²) >= 11 is 2.15. The number of carbonyl (C=O) groups is 2. The van der Waals surface area contributed by atoms with E-state index in [0.29, 0.717) is 11.1 Å². The number of halogens is 1. The molecule has 1 aromatic rings. The SMILES string of the molecule is C=C(C)C(=O)OCCOC(=O)c1ccc(I)cc1. The van der Waals surface area contributed by atoms with Crippen LogP contribution in [0.4, 0.5) is 0 Å². The van der Waals surface area contributed by atoms with E-state index >= 15 is 0 Å². The van der Waals surface area contributed by atoms with Gasteiger partial charge in [0.1, 0.15) is 13.2 Å². The highest BCUT2D eigenvalue weighted by Gasteiger charge is 2.07. The molecule has 0 spiro atoms. The van der Waals surface area contributed by atoms with Crippen molar-refractivity contribution in [2.24, 2.45) is 0 Å². The van der Waals surface area contributed by atoms with Gasteiger partial charge in [-0.05, 0) is 53.8 Å². The third-order valence-corrected chi connectivity index (χ3v) is 2.70. The van der Waals surface area contributed by atoms with Crippen LogP contribution in [0.15, 0.2) is 36.4 Å². The van der Waals surface area contributed by atoms with Crippen LogP contribution in [0, 0.1) is 3.57 Å². The van der Waals surface area contributed by atoms with E-state index in [-0.39, 0.29) is 13.2 Å². The third-order valence-electron chi connectivity index (χ3n) is 1.98. The van der Waals surface area contributed by atoms with Crippen LogP contribution in [-0.2, 0) is 14.3 Å². The summed E-state index contributed by atoms with van der Waals surface area (Å²) in [5.41, 5.74) is 0.792. The predicted octanol–water partition coefficient (Wildman–Crippen LogP) is 2.57. The van der Waals surface area contributed by atoms with Crippen LogP contribution in [0.1, 0.15) is 17.3 Å². The number of hydrogen-bond acceptors (Lipinski definition) is 4. The van der Waals surface area contributed by atoms with E-state index in [9.17, 15) is 9.59 Å². The molecule has 0 aliphatic heterocycles. The van der Waals surface area contributed by atoms with Crippen molar-refractivity contribution in [3.8, 4) is 0 Å². The molecule has 0 N–H and O–H groups in total. The average molecular weight is 360 g/mol. The fraction of sp³-hybridized carbons (Fsp3) is 0.231. The Morgan fingerprint density at radius 1 is 1.17 bits per heavy atom. The summed E-state index contributed by atoms with van der Waals surface area (Å²) in [6.45, 7) is 5.06. The molecule has 18 heavy (non-hydrogen) atoms. The fourth-order valence-corrected chi connectivity index (χ4v) is 1.42. The first kappa shape index (κ1) is 14.7. The standard InChI is InChI=1S/C13H13IO4/c1-9(2)12(15)17-7-8-18-13(16)10-3-5-11(14)6-4-10/h3-6H,1,7-8H2,2H3. The normalized spacial score (nSPS) is 9.67. The maximum Gasteiger partial charge on any atom is 0.338 e. The predicted molar refractivity (Wildman–Crippen MR) is 75.2 cm³/mol. The van der Waals surface area contributed by atoms with Gasteiger partial charge in [-0.3, -0.25) is 0 Å². The minimum absolute atomic E-state index is 0.0296. The number of esters is 2. The lowest BCUT2D eigenvalue weighted by Crippen LogP contribution is -2.14. The van der Waals surface area contributed by atoms with E-state index in [1.165, 1.54) is 0 Å². The molecular weight excluding hydrogens is 347 g/mol. The van der Waals surface area contributed by atoms with Crippen molar-refractivity contribution in [3.05, 3.63) is 45.6 Å². The van der Waals surface area contributed by atoms with E-state index < -0.39 is 11.9 Å². The molecule has 0 unspecified atom stereocenters. The van der Waals surface area contributed by atoms with Gasteiger partial charge < -0.3 is 9.47 Å². The van der Waals surface area contributed by atoms with Gasteiger partial charge in [0.05, 0.1) is 5.56 Å². The van der Waals surface area contributed by atoms with Gasteiger partial charge in [0, 0.05) is 9.14 Å². The molecule has 0 bridgehead atoms. The molecule has 0 saturated carbocycles. The first-order valence-corrected chi connectivity index (χ1v) is 6.34. The van der Waals surface area contributed by atoms with E-state index in [1.807, 2.05) is 12.1 Å². The van der Waals surface area contributed by atoms with Crippen molar-refractivity contribution in [1.29, 1.82) is 0 Å². The van der Waals surface area contributed by atoms with E-state index in [4.69, 9.17) is 9.47 Å². The van der Waals surface area contributed by atoms with Crippen molar-refractivity contribution in [2.75, 3.05) is 13.2 Å². The lowest BCUT2D eigenvalue weighted by molar-refractivity contribution is -0.140. The summed E-state index contributed by atoms with van der Waals surface area (Å²) in [7, 11) is 0. The highest BCUT2D eigenvalue weighted by atomic mass is 127. The first-order chi connectivity index (χ1) is 8.50. The Morgan fingerprint density at radius 3 is 2.28 bits per heavy atom. The van der Waals surface area contributed by atoms with Gasteiger partial charge in [0.25, 0.3) is 0 Å². The number of hydrogen-bond donors (Lipinski definition) is 0. The number of benzene rings is 1. The first-order valence-electron chi connectivity index (χ1n) is 5.26. The van der Waals surface area contributed by atoms with Crippen molar-refractivity contribution in [2.45, 2.75) is 6.92 Å². The quantitative estimate of drug-likeness (QED) is 0.351. The highest BCUT2D eigenvalue weighted by Crippen LogP contribution is 2.07. The van der Waals surface area contributed by atoms with E-state index in [0.717, 1.165) is 3.57 Å². The van der Waals surface area contributed by atoms with Crippen molar-refractivity contribution < 1.29 is 19.1 Å². The molecule has 0 saturated heterocycles. The molecule has 1 aromatic carbocycles. The van der Waals surface area contributed by atoms with Crippen molar-refractivity contribution in [1.82, 2.24) is 0 Å². The smallest absolute Gasteiger partial charge is 0.338 e. The van der Waals surface area contributed by atoms with Crippen molar-refractivity contribution >= 4 is 34.5 Å². The summed E-state index contributed by atoms with van der Waals surface area (Å²) in [5, 5.41) is 0. The topological polar surface area (TPSA) is 52.6 Å². The van der Waals surface area contributed by atoms with Crippen molar-refractivity contribution in [3.63, 3.8) is 0 Å². The average Bonchev–Trinajstić information content (AvgIpc) is 2.34. The maximum absolute atomic E-state index is 11.6. The van der Waals surface area contributed by atoms with Gasteiger partial charge in [-0.2, -0.15) is 0 Å². The van der Waals surface area contributed by atoms with E-state index in [2.05, 4.69) is 29.2 Å². The van der Waals surface area contributed by atoms with Gasteiger partial charge in [0.15, 0.2) is 0 Å². The summed E-state index contributed by atoms with van der Waals surface area (Å²) in [6, 6.07) is 7.00. The molecule has 0 amide bonds. The van der Waals surface area contributed by atoms with E-state index in [1.54, 1.807) is 19.1 Å². The minimum Gasteiger partial charge on any atom is -0.459 e. The fourth-order valence-electron chi connectivity index (χ4n) is 1.06. The zero-order valence-electron chi connectivity index (χ0n) is 9.94. The molecule has 5 heteroatoms. The largest absolute Gasteiger partial charge is 0.459 e. The second-order valence-electron chi connectivity index (χ2n) is 3.56. The maximum atomic E-state index is 11.6. The van der Waals surface area contributed by atoms with Crippen LogP contribution >= 0.6 is 22.6 Å². The lowest BCUT2D eigenvalue weighted by Gasteiger charge is -2.06. The molecule has 0 aliphatic carbocycles. The molecule has 0 radical (unpaired) electrons. The third kappa shape index (κ3) is 4.87. The molecule has 0 fully saturated rings. The highest BCUT2D eigenvalue weighted by molar-refractivity contribution is 14.1. The van der Waals surface area contributed by atoms with Gasteiger partial charge in [-0.1, -0.05) is 6.58 Å². The van der Waals surface area contributed by atoms with Gasteiger partial charge in [0.2, 0.25) is 0 Å². The van der Waals surface area contributed by atoms with Crippen LogP contribution in [0.5, 0.6) is 0 Å². The zero-order valence-corrected chi connectivity index (χ0v) is 12.1. The van der Waals surface area contributed by atoms with Crippen LogP contribution in [0.3, 0.4) is 0 Å². The molecule has 96 valence electrons. The number of carbonyl (C=O) groups excluding carboxylic acids is 2. The summed E-state index contributed by atoms with van der Waals surface area (Å²) in [6.07, 6.45) is 0. The molecule has 0 aromatic heterocycles. The lowest BCUT2D eigenvalue weighted by atomic mass is 10.2. The Bertz CT molecular complexity index is 451. The summed E-state index contributed by atoms with van der Waals surface area (Å²) in [5.74, 6) is -0.918. The number of rotatable bonds is 5. The Labute approximate surface area is 119 Å². The summed E-state index contributed by atoms with van der Waals surface area (Å²) in [4.78, 5) is 22.6. The molecule has 4 nitrogen and oxygen atoms in total. The Kier molecular flexibility index (Phi) is 5.84. The zero-order chi connectivity index (χ0) is 13.5. The molecule has 1 rings (SSSR count). The Balaban J connectivity index is 2.32. The van der Waals surface area contributed by atoms with Gasteiger partial charge >= 0.3 is 11.9 Å². The minimum atomic E-state index is -0.486. The number of ether oxygens (including phenoxy) is 2. The second kappa shape index (κ2) is 7.15. The van der Waals surface area contributed by atoms with Crippen LogP contribution in [0.2, 0.25) is 0 Å².